The van der Waals surface area contributed by atoms with Crippen molar-refractivity contribution in [1.29, 1.82) is 0 Å². The van der Waals surface area contributed by atoms with Crippen LogP contribution in [0.3, 0.4) is 0 Å². The van der Waals surface area contributed by atoms with Gasteiger partial charge in [-0.1, -0.05) is 55.5 Å². The number of hydrogen-bond acceptors (Lipinski definition) is 4. The third-order valence-electron chi connectivity index (χ3n) is 7.68. The molecule has 0 spiro atoms. The molecule has 5 nitrogen and oxygen atoms in total. The van der Waals surface area contributed by atoms with Gasteiger partial charge in [0.2, 0.25) is 0 Å². The molecule has 0 N–H and O–H groups in total. The lowest BCUT2D eigenvalue weighted by Gasteiger charge is -2.47. The van der Waals surface area contributed by atoms with E-state index < -0.39 is 0 Å². The molecule has 0 radical (unpaired) electrons. The summed E-state index contributed by atoms with van der Waals surface area (Å²) in [7, 11) is 3.50. The van der Waals surface area contributed by atoms with E-state index in [0.717, 1.165) is 57.8 Å². The van der Waals surface area contributed by atoms with E-state index >= 15 is 0 Å². The number of esters is 1. The summed E-state index contributed by atoms with van der Waals surface area (Å²) in [6.07, 6.45) is 0. The van der Waals surface area contributed by atoms with Gasteiger partial charge in [-0.05, 0) is 66.7 Å². The minimum Gasteiger partial charge on any atom is -0.488 e. The quantitative estimate of drug-likeness (QED) is 0.211. The molecule has 0 saturated carbocycles. The first-order valence-electron chi connectivity index (χ1n) is 13.4. The molecule has 6 rings (SSSR count). The molecule has 1 fully saturated rings. The first-order valence-corrected chi connectivity index (χ1v) is 13.4. The van der Waals surface area contributed by atoms with Gasteiger partial charge in [-0.2, -0.15) is 0 Å². The van der Waals surface area contributed by atoms with Gasteiger partial charge < -0.3 is 18.9 Å². The number of hydrogen-bond donors (Lipinski definition) is 0. The maximum atomic E-state index is 14.0. The Morgan fingerprint density at radius 3 is 2.25 bits per heavy atom. The summed E-state index contributed by atoms with van der Waals surface area (Å²) in [5.74, 6) is 0.119. The highest BCUT2D eigenvalue weighted by atomic mass is 19.1. The van der Waals surface area contributed by atoms with Crippen molar-refractivity contribution in [3.05, 3.63) is 120 Å². The number of carbonyl (C=O) groups is 1. The van der Waals surface area contributed by atoms with E-state index in [9.17, 15) is 9.18 Å². The SMILES string of the molecule is COC(=O)c1ccc(-c2c(C3(C)CN(C)C3)n(-c3ccc(F)cc3)c3cccc(OCc4ccccc4)c23)cc1. The molecule has 1 aliphatic heterocycles. The van der Waals surface area contributed by atoms with Crippen LogP contribution in [0.15, 0.2) is 97.1 Å². The maximum Gasteiger partial charge on any atom is 0.337 e. The van der Waals surface area contributed by atoms with E-state index in [2.05, 4.69) is 29.5 Å². The summed E-state index contributed by atoms with van der Waals surface area (Å²) < 4.78 is 27.7. The molecule has 202 valence electrons. The monoisotopic (exact) mass is 534 g/mol. The van der Waals surface area contributed by atoms with Gasteiger partial charge in [-0.15, -0.1) is 0 Å². The zero-order chi connectivity index (χ0) is 27.9. The van der Waals surface area contributed by atoms with Gasteiger partial charge in [0.15, 0.2) is 0 Å². The Morgan fingerprint density at radius 2 is 1.60 bits per heavy atom. The average molecular weight is 535 g/mol. The van der Waals surface area contributed by atoms with Crippen LogP contribution >= 0.6 is 0 Å². The maximum absolute atomic E-state index is 14.0. The van der Waals surface area contributed by atoms with Crippen LogP contribution in [-0.2, 0) is 16.8 Å². The van der Waals surface area contributed by atoms with Crippen molar-refractivity contribution in [2.75, 3.05) is 27.2 Å². The zero-order valence-corrected chi connectivity index (χ0v) is 22.9. The number of ether oxygens (including phenoxy) is 2. The number of halogens is 1. The minimum absolute atomic E-state index is 0.171. The lowest BCUT2D eigenvalue weighted by molar-refractivity contribution is 0.0600. The molecule has 1 aromatic heterocycles. The van der Waals surface area contributed by atoms with Crippen LogP contribution < -0.4 is 4.74 Å². The normalized spacial score (nSPS) is 14.6. The van der Waals surface area contributed by atoms with Crippen LogP contribution in [-0.4, -0.2) is 42.7 Å². The number of rotatable bonds is 7. The third-order valence-corrected chi connectivity index (χ3v) is 7.68. The molecule has 40 heavy (non-hydrogen) atoms. The highest BCUT2D eigenvalue weighted by molar-refractivity contribution is 6.04. The van der Waals surface area contributed by atoms with Gasteiger partial charge in [0, 0.05) is 35.4 Å². The molecule has 2 heterocycles. The molecule has 1 aliphatic rings. The zero-order valence-electron chi connectivity index (χ0n) is 22.9. The first kappa shape index (κ1) is 25.8. The Hall–Kier alpha value is -4.42. The van der Waals surface area contributed by atoms with Crippen LogP contribution in [0.25, 0.3) is 27.7 Å². The predicted octanol–water partition coefficient (Wildman–Crippen LogP) is 7.01. The van der Waals surface area contributed by atoms with Crippen LogP contribution in [0.5, 0.6) is 5.75 Å². The lowest BCUT2D eigenvalue weighted by Crippen LogP contribution is -2.56. The van der Waals surface area contributed by atoms with Gasteiger partial charge in [0.1, 0.15) is 18.2 Å². The highest BCUT2D eigenvalue weighted by Gasteiger charge is 2.43. The van der Waals surface area contributed by atoms with Crippen molar-refractivity contribution >= 4 is 16.9 Å². The van der Waals surface area contributed by atoms with E-state index in [1.165, 1.54) is 19.2 Å². The standard InChI is InChI=1S/C34H31FN2O3/c1-34(21-36(2)22-34)32-30(24-12-14-25(15-13-24)33(38)39-3)31-28(37(32)27-18-16-26(35)17-19-27)10-7-11-29(31)40-20-23-8-5-4-6-9-23/h4-19H,20-22H2,1-3H3. The third kappa shape index (κ3) is 4.54. The van der Waals surface area contributed by atoms with Crippen molar-refractivity contribution in [1.82, 2.24) is 9.47 Å². The Balaban J connectivity index is 1.63. The summed E-state index contributed by atoms with van der Waals surface area (Å²) in [5, 5.41) is 0.986. The molecule has 0 aliphatic carbocycles. The second kappa shape index (κ2) is 10.3. The Labute approximate surface area is 233 Å². The molecule has 0 unspecified atom stereocenters. The summed E-state index contributed by atoms with van der Waals surface area (Å²) in [6, 6.07) is 30.4. The lowest BCUT2D eigenvalue weighted by atomic mass is 9.76. The fraction of sp³-hybridized carbons (Fsp3) is 0.206. The number of likely N-dealkylation sites (tertiary alicyclic amines) is 1. The summed E-state index contributed by atoms with van der Waals surface area (Å²) in [5.41, 5.74) is 6.42. The number of benzene rings is 4. The Kier molecular flexibility index (Phi) is 6.64. The van der Waals surface area contributed by atoms with Crippen LogP contribution in [0.2, 0.25) is 0 Å². The van der Waals surface area contributed by atoms with Gasteiger partial charge in [-0.25, -0.2) is 9.18 Å². The van der Waals surface area contributed by atoms with Gasteiger partial charge in [0.05, 0.1) is 23.6 Å². The van der Waals surface area contributed by atoms with E-state index in [1.807, 2.05) is 66.7 Å². The second-order valence-corrected chi connectivity index (χ2v) is 10.8. The molecule has 6 heteroatoms. The molecule has 4 aromatic carbocycles. The molecule has 0 bridgehead atoms. The summed E-state index contributed by atoms with van der Waals surface area (Å²) in [4.78, 5) is 14.5. The topological polar surface area (TPSA) is 43.7 Å². The van der Waals surface area contributed by atoms with E-state index in [4.69, 9.17) is 9.47 Å². The predicted molar refractivity (Wildman–Crippen MR) is 156 cm³/mol. The summed E-state index contributed by atoms with van der Waals surface area (Å²) in [6.45, 7) is 4.45. The van der Waals surface area contributed by atoms with Crippen LogP contribution in [0.4, 0.5) is 4.39 Å². The van der Waals surface area contributed by atoms with Crippen molar-refractivity contribution in [3.63, 3.8) is 0 Å². The summed E-state index contributed by atoms with van der Waals surface area (Å²) >= 11 is 0. The van der Waals surface area contributed by atoms with E-state index in [0.29, 0.717) is 12.2 Å². The first-order chi connectivity index (χ1) is 19.4. The van der Waals surface area contributed by atoms with Crippen molar-refractivity contribution in [2.45, 2.75) is 18.9 Å². The average Bonchev–Trinajstić information content (AvgIpc) is 3.32. The molecule has 0 amide bonds. The molecular weight excluding hydrogens is 503 g/mol. The largest absolute Gasteiger partial charge is 0.488 e. The number of fused-ring (bicyclic) bond motifs is 1. The Bertz CT molecular complexity index is 1670. The van der Waals surface area contributed by atoms with Crippen LogP contribution in [0.1, 0.15) is 28.5 Å². The van der Waals surface area contributed by atoms with E-state index in [1.54, 1.807) is 12.1 Å². The van der Waals surface area contributed by atoms with Crippen LogP contribution in [0, 0.1) is 5.82 Å². The van der Waals surface area contributed by atoms with Crippen molar-refractivity contribution in [2.24, 2.45) is 0 Å². The smallest absolute Gasteiger partial charge is 0.337 e. The van der Waals surface area contributed by atoms with Crippen molar-refractivity contribution in [3.8, 4) is 22.6 Å². The molecule has 0 atom stereocenters. The number of methoxy groups -OCH3 is 1. The van der Waals surface area contributed by atoms with Gasteiger partial charge >= 0.3 is 5.97 Å². The molecule has 5 aromatic rings. The fourth-order valence-electron chi connectivity index (χ4n) is 6.06. The molecule has 1 saturated heterocycles. The van der Waals surface area contributed by atoms with Crippen molar-refractivity contribution < 1.29 is 18.7 Å². The number of aromatic nitrogens is 1. The number of likely N-dealkylation sites (N-methyl/N-ethyl adjacent to an activating group) is 1. The minimum atomic E-state index is -0.375. The fourth-order valence-corrected chi connectivity index (χ4v) is 6.06. The molecular formula is C34H31FN2O3. The van der Waals surface area contributed by atoms with Gasteiger partial charge in [-0.3, -0.25) is 0 Å². The Morgan fingerprint density at radius 1 is 0.900 bits per heavy atom. The highest BCUT2D eigenvalue weighted by Crippen LogP contribution is 2.48. The van der Waals surface area contributed by atoms with E-state index in [-0.39, 0.29) is 17.2 Å². The second-order valence-electron chi connectivity index (χ2n) is 10.8. The number of nitrogens with zero attached hydrogens (tertiary/aromatic N) is 2. The number of carbonyl (C=O) groups excluding carboxylic acids is 1. The van der Waals surface area contributed by atoms with Gasteiger partial charge in [0.25, 0.3) is 0 Å².